The second-order valence-corrected chi connectivity index (χ2v) is 5.14. The van der Waals surface area contributed by atoms with E-state index in [4.69, 9.17) is 9.47 Å². The van der Waals surface area contributed by atoms with Crippen LogP contribution in [-0.2, 0) is 16.0 Å². The number of hydrogen-bond acceptors (Lipinski definition) is 4. The number of esters is 1. The molecule has 0 fully saturated rings. The fourth-order valence-electron chi connectivity index (χ4n) is 2.25. The number of aromatic nitrogens is 1. The summed E-state index contributed by atoms with van der Waals surface area (Å²) in [5.41, 5.74) is 3.76. The van der Waals surface area contributed by atoms with Crippen molar-refractivity contribution in [3.8, 4) is 5.88 Å². The molecule has 1 aromatic carbocycles. The molecular weight excluding hydrogens is 290 g/mol. The standard InChI is InChI=1S/C19H21NO3/c1-4-23-19(21)14(2)12-15-7-9-16(10-8-15)13-17-6-5-11-20-18(17)22-3/h5-12H,4,13H2,1-3H3/b14-12+. The van der Waals surface area contributed by atoms with E-state index in [1.54, 1.807) is 27.2 Å². The van der Waals surface area contributed by atoms with Crippen molar-refractivity contribution in [3.05, 3.63) is 64.9 Å². The summed E-state index contributed by atoms with van der Waals surface area (Å²) in [5.74, 6) is 0.367. The molecule has 0 amide bonds. The van der Waals surface area contributed by atoms with Crippen LogP contribution in [0, 0.1) is 0 Å². The van der Waals surface area contributed by atoms with Crippen LogP contribution < -0.4 is 4.74 Å². The Kier molecular flexibility index (Phi) is 5.92. The normalized spacial score (nSPS) is 11.2. The SMILES string of the molecule is CCOC(=O)/C(C)=C/c1ccc(Cc2cccnc2OC)cc1. The summed E-state index contributed by atoms with van der Waals surface area (Å²) in [7, 11) is 1.62. The fourth-order valence-corrected chi connectivity index (χ4v) is 2.25. The molecule has 0 aliphatic rings. The van der Waals surface area contributed by atoms with Crippen LogP contribution >= 0.6 is 0 Å². The summed E-state index contributed by atoms with van der Waals surface area (Å²) >= 11 is 0. The maximum absolute atomic E-state index is 11.6. The van der Waals surface area contributed by atoms with Gasteiger partial charge in [0.2, 0.25) is 5.88 Å². The lowest BCUT2D eigenvalue weighted by atomic mass is 10.0. The summed E-state index contributed by atoms with van der Waals surface area (Å²) in [6.07, 6.45) is 4.29. The lowest BCUT2D eigenvalue weighted by Gasteiger charge is -2.07. The maximum atomic E-state index is 11.6. The van der Waals surface area contributed by atoms with Crippen molar-refractivity contribution < 1.29 is 14.3 Å². The Morgan fingerprint density at radius 1 is 1.22 bits per heavy atom. The molecule has 120 valence electrons. The minimum Gasteiger partial charge on any atom is -0.481 e. The van der Waals surface area contributed by atoms with Crippen molar-refractivity contribution in [2.24, 2.45) is 0 Å². The van der Waals surface area contributed by atoms with Gasteiger partial charge in [-0.2, -0.15) is 0 Å². The summed E-state index contributed by atoms with van der Waals surface area (Å²) < 4.78 is 10.2. The first kappa shape index (κ1) is 16.7. The van der Waals surface area contributed by atoms with Crippen molar-refractivity contribution in [2.75, 3.05) is 13.7 Å². The number of hydrogen-bond donors (Lipinski definition) is 0. The smallest absolute Gasteiger partial charge is 0.333 e. The van der Waals surface area contributed by atoms with Gasteiger partial charge in [-0.3, -0.25) is 0 Å². The molecular formula is C19H21NO3. The minimum absolute atomic E-state index is 0.281. The van der Waals surface area contributed by atoms with Gasteiger partial charge in [0, 0.05) is 23.8 Å². The summed E-state index contributed by atoms with van der Waals surface area (Å²) in [6, 6.07) is 12.0. The number of methoxy groups -OCH3 is 1. The molecule has 4 heteroatoms. The molecule has 2 aromatic rings. The monoisotopic (exact) mass is 311 g/mol. The van der Waals surface area contributed by atoms with E-state index in [1.807, 2.05) is 42.5 Å². The molecule has 0 saturated heterocycles. The largest absolute Gasteiger partial charge is 0.481 e. The van der Waals surface area contributed by atoms with Crippen LogP contribution in [-0.4, -0.2) is 24.7 Å². The molecule has 23 heavy (non-hydrogen) atoms. The summed E-state index contributed by atoms with van der Waals surface area (Å²) in [6.45, 7) is 3.94. The van der Waals surface area contributed by atoms with E-state index in [0.29, 0.717) is 18.1 Å². The molecule has 0 atom stereocenters. The second kappa shape index (κ2) is 8.13. The first-order valence-electron chi connectivity index (χ1n) is 7.56. The molecule has 1 heterocycles. The highest BCUT2D eigenvalue weighted by Crippen LogP contribution is 2.19. The van der Waals surface area contributed by atoms with Gasteiger partial charge in [-0.05, 0) is 37.1 Å². The van der Waals surface area contributed by atoms with E-state index in [-0.39, 0.29) is 5.97 Å². The van der Waals surface area contributed by atoms with E-state index < -0.39 is 0 Å². The van der Waals surface area contributed by atoms with E-state index in [9.17, 15) is 4.79 Å². The van der Waals surface area contributed by atoms with Gasteiger partial charge in [0.25, 0.3) is 0 Å². The van der Waals surface area contributed by atoms with Gasteiger partial charge in [-0.15, -0.1) is 0 Å². The average Bonchev–Trinajstić information content (AvgIpc) is 2.57. The van der Waals surface area contributed by atoms with Crippen molar-refractivity contribution in [1.29, 1.82) is 0 Å². The van der Waals surface area contributed by atoms with E-state index >= 15 is 0 Å². The Bertz CT molecular complexity index is 690. The van der Waals surface area contributed by atoms with Gasteiger partial charge < -0.3 is 9.47 Å². The zero-order chi connectivity index (χ0) is 16.7. The number of ether oxygens (including phenoxy) is 2. The van der Waals surface area contributed by atoms with Crippen LogP contribution in [0.3, 0.4) is 0 Å². The zero-order valence-electron chi connectivity index (χ0n) is 13.7. The first-order valence-corrected chi connectivity index (χ1v) is 7.56. The molecule has 0 saturated carbocycles. The molecule has 0 radical (unpaired) electrons. The van der Waals surface area contributed by atoms with Gasteiger partial charge in [-0.25, -0.2) is 9.78 Å². The lowest BCUT2D eigenvalue weighted by Crippen LogP contribution is -2.04. The molecule has 0 aliphatic heterocycles. The molecule has 0 aliphatic carbocycles. The predicted molar refractivity (Wildman–Crippen MR) is 90.3 cm³/mol. The van der Waals surface area contributed by atoms with Crippen LogP contribution in [0.1, 0.15) is 30.5 Å². The Hall–Kier alpha value is -2.62. The summed E-state index contributed by atoms with van der Waals surface area (Å²) in [5, 5.41) is 0. The van der Waals surface area contributed by atoms with Crippen molar-refractivity contribution in [1.82, 2.24) is 4.98 Å². The van der Waals surface area contributed by atoms with Gasteiger partial charge in [-0.1, -0.05) is 30.3 Å². The van der Waals surface area contributed by atoms with E-state index in [0.717, 1.165) is 23.1 Å². The Balaban J connectivity index is 2.10. The number of benzene rings is 1. The van der Waals surface area contributed by atoms with Crippen LogP contribution in [0.5, 0.6) is 5.88 Å². The van der Waals surface area contributed by atoms with Crippen molar-refractivity contribution in [3.63, 3.8) is 0 Å². The Morgan fingerprint density at radius 3 is 2.61 bits per heavy atom. The Morgan fingerprint density at radius 2 is 1.96 bits per heavy atom. The first-order chi connectivity index (χ1) is 11.1. The van der Waals surface area contributed by atoms with Crippen LogP contribution in [0.4, 0.5) is 0 Å². The third-order valence-corrected chi connectivity index (χ3v) is 3.40. The average molecular weight is 311 g/mol. The van der Waals surface area contributed by atoms with Crippen LogP contribution in [0.2, 0.25) is 0 Å². The molecule has 0 N–H and O–H groups in total. The third-order valence-electron chi connectivity index (χ3n) is 3.40. The summed E-state index contributed by atoms with van der Waals surface area (Å²) in [4.78, 5) is 15.8. The van der Waals surface area contributed by atoms with Crippen LogP contribution in [0.15, 0.2) is 48.2 Å². The molecule has 0 unspecified atom stereocenters. The van der Waals surface area contributed by atoms with Gasteiger partial charge >= 0.3 is 5.97 Å². The number of nitrogens with zero attached hydrogens (tertiary/aromatic N) is 1. The topological polar surface area (TPSA) is 48.4 Å². The predicted octanol–water partition coefficient (Wildman–Crippen LogP) is 3.65. The minimum atomic E-state index is -0.281. The molecule has 0 spiro atoms. The highest BCUT2D eigenvalue weighted by atomic mass is 16.5. The second-order valence-electron chi connectivity index (χ2n) is 5.14. The molecule has 2 rings (SSSR count). The quantitative estimate of drug-likeness (QED) is 0.603. The maximum Gasteiger partial charge on any atom is 0.333 e. The number of carbonyl (C=O) groups is 1. The van der Waals surface area contributed by atoms with E-state index in [1.165, 1.54) is 0 Å². The van der Waals surface area contributed by atoms with E-state index in [2.05, 4.69) is 4.98 Å². The molecule has 1 aromatic heterocycles. The van der Waals surface area contributed by atoms with Crippen molar-refractivity contribution in [2.45, 2.75) is 20.3 Å². The van der Waals surface area contributed by atoms with Gasteiger partial charge in [0.15, 0.2) is 0 Å². The molecule has 0 bridgehead atoms. The van der Waals surface area contributed by atoms with Crippen LogP contribution in [0.25, 0.3) is 6.08 Å². The third kappa shape index (κ3) is 4.68. The number of rotatable bonds is 6. The fraction of sp³-hybridized carbons (Fsp3) is 0.263. The number of carbonyl (C=O) groups excluding carboxylic acids is 1. The number of pyridine rings is 1. The lowest BCUT2D eigenvalue weighted by molar-refractivity contribution is -0.138. The van der Waals surface area contributed by atoms with Gasteiger partial charge in [0.05, 0.1) is 13.7 Å². The highest BCUT2D eigenvalue weighted by Gasteiger charge is 2.06. The molecule has 4 nitrogen and oxygen atoms in total. The van der Waals surface area contributed by atoms with Crippen molar-refractivity contribution >= 4 is 12.0 Å². The highest BCUT2D eigenvalue weighted by molar-refractivity contribution is 5.92. The van der Waals surface area contributed by atoms with Gasteiger partial charge in [0.1, 0.15) is 0 Å². The zero-order valence-corrected chi connectivity index (χ0v) is 13.7. The Labute approximate surface area is 136 Å².